The molecule has 8 nitrogen and oxygen atoms in total. The number of nitrogens with one attached hydrogen (secondary N) is 2. The van der Waals surface area contributed by atoms with E-state index in [1.54, 1.807) is 7.11 Å². The van der Waals surface area contributed by atoms with Crippen molar-refractivity contribution in [3.63, 3.8) is 0 Å². The van der Waals surface area contributed by atoms with Gasteiger partial charge < -0.3 is 20.1 Å². The van der Waals surface area contributed by atoms with Gasteiger partial charge in [0.25, 0.3) is 0 Å². The normalized spacial score (nSPS) is 23.5. The van der Waals surface area contributed by atoms with Gasteiger partial charge in [-0.05, 0) is 24.8 Å². The lowest BCUT2D eigenvalue weighted by Gasteiger charge is -2.33. The molecular formula is C22H33IN6O2. The molecule has 2 N–H and O–H groups in total. The summed E-state index contributed by atoms with van der Waals surface area (Å²) in [6, 6.07) is 10.8. The summed E-state index contributed by atoms with van der Waals surface area (Å²) in [6.07, 6.45) is 4.29. The smallest absolute Gasteiger partial charge is 0.191 e. The van der Waals surface area contributed by atoms with Gasteiger partial charge in [0.1, 0.15) is 12.4 Å². The molecule has 0 radical (unpaired) electrons. The second kappa shape index (κ2) is 11.8. The molecule has 0 spiro atoms. The molecule has 3 heterocycles. The molecular weight excluding hydrogens is 507 g/mol. The standard InChI is InChI=1S/C22H32N6O2.HI/c1-23-22(25-18-10-11-20-26-19(15-29-2)27-28(20)14-18)24-13-17-9-6-12-30-21(17)16-7-4-3-5-8-16;/h3-5,7-8,17-18,21H,6,9-15H2,1-2H3,(H2,23,24,25);1H. The van der Waals surface area contributed by atoms with Crippen LogP contribution in [0.25, 0.3) is 0 Å². The Morgan fingerprint density at radius 2 is 2.13 bits per heavy atom. The number of halogens is 1. The van der Waals surface area contributed by atoms with Crippen LogP contribution in [0.15, 0.2) is 35.3 Å². The van der Waals surface area contributed by atoms with Crippen LogP contribution in [-0.4, -0.2) is 54.1 Å². The van der Waals surface area contributed by atoms with Gasteiger partial charge in [-0.25, -0.2) is 9.67 Å². The molecule has 2 aromatic rings. The van der Waals surface area contributed by atoms with Gasteiger partial charge in [-0.15, -0.1) is 24.0 Å². The van der Waals surface area contributed by atoms with E-state index in [0.29, 0.717) is 12.5 Å². The van der Waals surface area contributed by atoms with Gasteiger partial charge in [-0.2, -0.15) is 5.10 Å². The molecule has 3 atom stereocenters. The quantitative estimate of drug-likeness (QED) is 0.333. The maximum absolute atomic E-state index is 6.12. The largest absolute Gasteiger partial charge is 0.377 e. The topological polar surface area (TPSA) is 85.6 Å². The Bertz CT molecular complexity index is 844. The fourth-order valence-electron chi connectivity index (χ4n) is 4.35. The van der Waals surface area contributed by atoms with E-state index in [-0.39, 0.29) is 36.1 Å². The monoisotopic (exact) mass is 540 g/mol. The third-order valence-corrected chi connectivity index (χ3v) is 5.84. The highest BCUT2D eigenvalue weighted by Crippen LogP contribution is 2.33. The molecule has 0 saturated carbocycles. The fraction of sp³-hybridized carbons (Fsp3) is 0.591. The van der Waals surface area contributed by atoms with Crippen molar-refractivity contribution in [3.05, 3.63) is 47.5 Å². The summed E-state index contributed by atoms with van der Waals surface area (Å²) in [6.45, 7) is 2.90. The van der Waals surface area contributed by atoms with E-state index in [9.17, 15) is 0 Å². The first-order chi connectivity index (χ1) is 14.8. The molecule has 2 aliphatic heterocycles. The van der Waals surface area contributed by atoms with Crippen LogP contribution in [-0.2, 0) is 29.0 Å². The van der Waals surface area contributed by atoms with Crippen molar-refractivity contribution in [1.29, 1.82) is 0 Å². The van der Waals surface area contributed by atoms with Crippen LogP contribution in [0.2, 0.25) is 0 Å². The van der Waals surface area contributed by atoms with Crippen molar-refractivity contribution in [2.75, 3.05) is 27.3 Å². The number of benzene rings is 1. The highest BCUT2D eigenvalue weighted by atomic mass is 127. The number of fused-ring (bicyclic) bond motifs is 1. The van der Waals surface area contributed by atoms with Crippen molar-refractivity contribution in [3.8, 4) is 0 Å². The molecule has 0 amide bonds. The number of hydrogen-bond donors (Lipinski definition) is 2. The van der Waals surface area contributed by atoms with E-state index in [1.165, 1.54) is 5.56 Å². The number of nitrogens with zero attached hydrogens (tertiary/aromatic N) is 4. The minimum Gasteiger partial charge on any atom is -0.377 e. The first-order valence-corrected chi connectivity index (χ1v) is 10.8. The first kappa shape index (κ1) is 23.9. The van der Waals surface area contributed by atoms with Gasteiger partial charge in [0, 0.05) is 45.7 Å². The molecule has 170 valence electrons. The molecule has 1 saturated heterocycles. The molecule has 3 unspecified atom stereocenters. The lowest BCUT2D eigenvalue weighted by molar-refractivity contribution is -0.0265. The maximum Gasteiger partial charge on any atom is 0.191 e. The Labute approximate surface area is 201 Å². The minimum absolute atomic E-state index is 0. The van der Waals surface area contributed by atoms with E-state index in [0.717, 1.165) is 63.0 Å². The van der Waals surface area contributed by atoms with Gasteiger partial charge >= 0.3 is 0 Å². The second-order valence-corrected chi connectivity index (χ2v) is 8.00. The van der Waals surface area contributed by atoms with Crippen molar-refractivity contribution in [2.24, 2.45) is 10.9 Å². The number of ether oxygens (including phenoxy) is 2. The van der Waals surface area contributed by atoms with Crippen molar-refractivity contribution in [2.45, 2.75) is 51.0 Å². The molecule has 1 fully saturated rings. The van der Waals surface area contributed by atoms with Crippen LogP contribution >= 0.6 is 24.0 Å². The Morgan fingerprint density at radius 3 is 2.90 bits per heavy atom. The molecule has 0 aliphatic carbocycles. The van der Waals surface area contributed by atoms with Gasteiger partial charge in [0.2, 0.25) is 0 Å². The zero-order valence-electron chi connectivity index (χ0n) is 18.3. The first-order valence-electron chi connectivity index (χ1n) is 10.8. The third-order valence-electron chi connectivity index (χ3n) is 5.84. The van der Waals surface area contributed by atoms with Crippen LogP contribution in [0.3, 0.4) is 0 Å². The number of guanidine groups is 1. The zero-order valence-corrected chi connectivity index (χ0v) is 20.6. The molecule has 1 aromatic heterocycles. The van der Waals surface area contributed by atoms with Crippen LogP contribution in [0, 0.1) is 5.92 Å². The third kappa shape index (κ3) is 6.17. The Kier molecular flexibility index (Phi) is 9.09. The summed E-state index contributed by atoms with van der Waals surface area (Å²) in [5.74, 6) is 3.04. The van der Waals surface area contributed by atoms with Crippen molar-refractivity contribution >= 4 is 29.9 Å². The maximum atomic E-state index is 6.12. The van der Waals surface area contributed by atoms with Crippen LogP contribution in [0.4, 0.5) is 0 Å². The van der Waals surface area contributed by atoms with E-state index in [2.05, 4.69) is 50.0 Å². The predicted octanol–water partition coefficient (Wildman–Crippen LogP) is 2.69. The second-order valence-electron chi connectivity index (χ2n) is 8.00. The van der Waals surface area contributed by atoms with Gasteiger partial charge in [-0.1, -0.05) is 30.3 Å². The fourth-order valence-corrected chi connectivity index (χ4v) is 4.35. The van der Waals surface area contributed by atoms with E-state index >= 15 is 0 Å². The number of methoxy groups -OCH3 is 1. The lowest BCUT2D eigenvalue weighted by atomic mass is 9.89. The van der Waals surface area contributed by atoms with E-state index in [4.69, 9.17) is 9.47 Å². The Hall–Kier alpha value is -1.72. The molecule has 4 rings (SSSR count). The predicted molar refractivity (Wildman–Crippen MR) is 131 cm³/mol. The van der Waals surface area contributed by atoms with Gasteiger partial charge in [0.15, 0.2) is 11.8 Å². The molecule has 9 heteroatoms. The molecule has 0 bridgehead atoms. The molecule has 1 aromatic carbocycles. The molecule has 2 aliphatic rings. The van der Waals surface area contributed by atoms with Crippen molar-refractivity contribution < 1.29 is 9.47 Å². The number of aliphatic imine (C=N–C) groups is 1. The van der Waals surface area contributed by atoms with Gasteiger partial charge in [-0.3, -0.25) is 4.99 Å². The lowest BCUT2D eigenvalue weighted by Crippen LogP contribution is -2.48. The van der Waals surface area contributed by atoms with E-state index in [1.807, 2.05) is 17.8 Å². The van der Waals surface area contributed by atoms with E-state index < -0.39 is 0 Å². The SMILES string of the molecule is CN=C(NCC1CCCOC1c1ccccc1)NC1CCc2nc(COC)nn2C1.I. The highest BCUT2D eigenvalue weighted by Gasteiger charge is 2.28. The Morgan fingerprint density at radius 1 is 1.29 bits per heavy atom. The highest BCUT2D eigenvalue weighted by molar-refractivity contribution is 14.0. The number of aromatic nitrogens is 3. The van der Waals surface area contributed by atoms with Gasteiger partial charge in [0.05, 0.1) is 12.6 Å². The zero-order chi connectivity index (χ0) is 20.8. The summed E-state index contributed by atoms with van der Waals surface area (Å²) < 4.78 is 13.3. The summed E-state index contributed by atoms with van der Waals surface area (Å²) in [4.78, 5) is 8.99. The summed E-state index contributed by atoms with van der Waals surface area (Å²) in [7, 11) is 3.49. The molecule has 31 heavy (non-hydrogen) atoms. The van der Waals surface area contributed by atoms with Crippen molar-refractivity contribution in [1.82, 2.24) is 25.4 Å². The average molecular weight is 540 g/mol. The summed E-state index contributed by atoms with van der Waals surface area (Å²) in [5.41, 5.74) is 1.25. The summed E-state index contributed by atoms with van der Waals surface area (Å²) in [5, 5.41) is 11.6. The summed E-state index contributed by atoms with van der Waals surface area (Å²) >= 11 is 0. The minimum atomic E-state index is 0. The number of hydrogen-bond acceptors (Lipinski definition) is 5. The van der Waals surface area contributed by atoms with Crippen LogP contribution < -0.4 is 10.6 Å². The average Bonchev–Trinajstić information content (AvgIpc) is 3.19. The van der Waals surface area contributed by atoms with Crippen LogP contribution in [0.5, 0.6) is 0 Å². The van der Waals surface area contributed by atoms with Crippen LogP contribution in [0.1, 0.15) is 42.6 Å². The number of rotatable bonds is 6. The number of aryl methyl sites for hydroxylation is 1. The Balaban J connectivity index is 0.00000272.